The van der Waals surface area contributed by atoms with Crippen LogP contribution in [-0.4, -0.2) is 21.7 Å². The molecule has 0 atom stereocenters. The van der Waals surface area contributed by atoms with Crippen LogP contribution >= 0.6 is 11.6 Å². The van der Waals surface area contributed by atoms with Crippen molar-refractivity contribution in [3.63, 3.8) is 0 Å². The van der Waals surface area contributed by atoms with Crippen LogP contribution in [-0.2, 0) is 4.74 Å². The third-order valence-corrected chi connectivity index (χ3v) is 2.61. The summed E-state index contributed by atoms with van der Waals surface area (Å²) in [5.41, 5.74) is 0.0301. The van der Waals surface area contributed by atoms with Crippen molar-refractivity contribution in [1.82, 2.24) is 9.97 Å². The van der Waals surface area contributed by atoms with Crippen LogP contribution in [0.15, 0.2) is 42.6 Å². The highest BCUT2D eigenvalue weighted by Gasteiger charge is 2.25. The lowest BCUT2D eigenvalue weighted by Gasteiger charge is -2.26. The van der Waals surface area contributed by atoms with Crippen molar-refractivity contribution < 1.29 is 9.53 Å². The van der Waals surface area contributed by atoms with Crippen LogP contribution in [0.25, 0.3) is 0 Å². The quantitative estimate of drug-likeness (QED) is 0.780. The first kappa shape index (κ1) is 15.3. The van der Waals surface area contributed by atoms with Crippen LogP contribution in [0.5, 0.6) is 0 Å². The topological polar surface area (TPSA) is 55.3 Å². The molecule has 0 N–H and O–H groups in total. The Morgan fingerprint density at radius 1 is 1.19 bits per heavy atom. The number of carbonyl (C=O) groups is 1. The highest BCUT2D eigenvalue weighted by atomic mass is 35.5. The number of nitrogens with zero attached hydrogens (tertiary/aromatic N) is 3. The van der Waals surface area contributed by atoms with Gasteiger partial charge in [-0.3, -0.25) is 0 Å². The molecule has 5 nitrogen and oxygen atoms in total. The second-order valence-electron chi connectivity index (χ2n) is 5.34. The lowest BCUT2D eigenvalue weighted by atomic mass is 10.2. The zero-order chi connectivity index (χ0) is 15.5. The van der Waals surface area contributed by atoms with Gasteiger partial charge in [0.25, 0.3) is 0 Å². The number of para-hydroxylation sites is 1. The molecule has 0 aliphatic rings. The second-order valence-corrected chi connectivity index (χ2v) is 5.67. The summed E-state index contributed by atoms with van der Waals surface area (Å²) in [5.74, 6) is 0.357. The Morgan fingerprint density at radius 3 is 2.43 bits per heavy atom. The zero-order valence-corrected chi connectivity index (χ0v) is 12.8. The van der Waals surface area contributed by atoms with E-state index in [4.69, 9.17) is 16.3 Å². The van der Waals surface area contributed by atoms with Crippen LogP contribution < -0.4 is 4.90 Å². The van der Waals surface area contributed by atoms with E-state index < -0.39 is 11.7 Å². The van der Waals surface area contributed by atoms with Gasteiger partial charge < -0.3 is 4.74 Å². The molecule has 0 aliphatic heterocycles. The summed E-state index contributed by atoms with van der Waals surface area (Å²) in [6, 6.07) is 10.7. The molecule has 1 aromatic heterocycles. The molecule has 2 rings (SSSR count). The molecule has 0 fully saturated rings. The molecular formula is C15H16ClN3O2. The van der Waals surface area contributed by atoms with Gasteiger partial charge in [0.05, 0.1) is 5.69 Å². The summed E-state index contributed by atoms with van der Waals surface area (Å²) >= 11 is 5.81. The molecule has 1 heterocycles. The van der Waals surface area contributed by atoms with Gasteiger partial charge in [0, 0.05) is 12.3 Å². The molecule has 0 saturated heterocycles. The highest BCUT2D eigenvalue weighted by Crippen LogP contribution is 2.26. The monoisotopic (exact) mass is 305 g/mol. The number of rotatable bonds is 2. The molecule has 0 radical (unpaired) electrons. The van der Waals surface area contributed by atoms with Crippen molar-refractivity contribution in [3.8, 4) is 0 Å². The Balaban J connectivity index is 2.43. The van der Waals surface area contributed by atoms with Crippen LogP contribution in [0.3, 0.4) is 0 Å². The minimum atomic E-state index is -0.610. The maximum atomic E-state index is 12.5. The summed E-state index contributed by atoms with van der Waals surface area (Å²) < 4.78 is 5.43. The molecule has 0 bridgehead atoms. The minimum absolute atomic E-state index is 0.0667. The Morgan fingerprint density at radius 2 is 1.86 bits per heavy atom. The fraction of sp³-hybridized carbons (Fsp3) is 0.267. The Bertz CT molecular complexity index is 626. The number of anilines is 2. The molecular weight excluding hydrogens is 290 g/mol. The van der Waals surface area contributed by atoms with Gasteiger partial charge in [-0.2, -0.15) is 4.98 Å². The highest BCUT2D eigenvalue weighted by molar-refractivity contribution is 6.28. The van der Waals surface area contributed by atoms with Gasteiger partial charge >= 0.3 is 6.09 Å². The van der Waals surface area contributed by atoms with Crippen LogP contribution in [0.2, 0.25) is 5.28 Å². The Labute approximate surface area is 128 Å². The SMILES string of the molecule is CC(C)(C)OC(=O)N(c1ccccc1)c1ccnc(Cl)n1. The predicted molar refractivity (Wildman–Crippen MR) is 81.9 cm³/mol. The molecule has 0 spiro atoms. The average molecular weight is 306 g/mol. The zero-order valence-electron chi connectivity index (χ0n) is 12.1. The lowest BCUT2D eigenvalue weighted by Crippen LogP contribution is -2.34. The average Bonchev–Trinajstić information content (AvgIpc) is 2.38. The van der Waals surface area contributed by atoms with Gasteiger partial charge in [-0.05, 0) is 44.5 Å². The third-order valence-electron chi connectivity index (χ3n) is 2.43. The van der Waals surface area contributed by atoms with E-state index in [1.54, 1.807) is 39.0 Å². The minimum Gasteiger partial charge on any atom is -0.443 e. The number of halogens is 1. The summed E-state index contributed by atoms with van der Waals surface area (Å²) in [6.45, 7) is 5.42. The van der Waals surface area contributed by atoms with E-state index in [2.05, 4.69) is 9.97 Å². The maximum Gasteiger partial charge on any atom is 0.420 e. The van der Waals surface area contributed by atoms with E-state index in [1.165, 1.54) is 11.1 Å². The van der Waals surface area contributed by atoms with Crippen molar-refractivity contribution in [2.45, 2.75) is 26.4 Å². The van der Waals surface area contributed by atoms with E-state index in [9.17, 15) is 4.79 Å². The van der Waals surface area contributed by atoms with Crippen LogP contribution in [0.1, 0.15) is 20.8 Å². The van der Waals surface area contributed by atoms with Crippen molar-refractivity contribution in [3.05, 3.63) is 47.9 Å². The fourth-order valence-corrected chi connectivity index (χ4v) is 1.81. The van der Waals surface area contributed by atoms with Gasteiger partial charge in [-0.1, -0.05) is 18.2 Å². The third kappa shape index (κ3) is 4.16. The first-order valence-electron chi connectivity index (χ1n) is 6.43. The van der Waals surface area contributed by atoms with Crippen molar-refractivity contribution in [2.24, 2.45) is 0 Å². The van der Waals surface area contributed by atoms with Gasteiger partial charge in [-0.25, -0.2) is 14.7 Å². The van der Waals surface area contributed by atoms with E-state index in [0.29, 0.717) is 11.5 Å². The number of carbonyl (C=O) groups excluding carboxylic acids is 1. The largest absolute Gasteiger partial charge is 0.443 e. The molecule has 0 aliphatic carbocycles. The number of hydrogen-bond donors (Lipinski definition) is 0. The van der Waals surface area contributed by atoms with E-state index in [1.807, 2.05) is 18.2 Å². The molecule has 21 heavy (non-hydrogen) atoms. The Hall–Kier alpha value is -2.14. The molecule has 110 valence electrons. The molecule has 1 amide bonds. The summed E-state index contributed by atoms with van der Waals surface area (Å²) in [7, 11) is 0. The van der Waals surface area contributed by atoms with Gasteiger partial charge in [0.15, 0.2) is 0 Å². The molecule has 2 aromatic rings. The summed E-state index contributed by atoms with van der Waals surface area (Å²) in [4.78, 5) is 21.7. The summed E-state index contributed by atoms with van der Waals surface area (Å²) in [6.07, 6.45) is 0.966. The normalized spacial score (nSPS) is 11.0. The van der Waals surface area contributed by atoms with Crippen molar-refractivity contribution in [1.29, 1.82) is 0 Å². The molecule has 0 unspecified atom stereocenters. The van der Waals surface area contributed by atoms with Gasteiger partial charge in [-0.15, -0.1) is 0 Å². The first-order chi connectivity index (χ1) is 9.87. The summed E-state index contributed by atoms with van der Waals surface area (Å²) in [5, 5.41) is 0.0667. The molecule has 6 heteroatoms. The number of aromatic nitrogens is 2. The van der Waals surface area contributed by atoms with Gasteiger partial charge in [0.2, 0.25) is 5.28 Å². The van der Waals surface area contributed by atoms with Crippen molar-refractivity contribution in [2.75, 3.05) is 4.90 Å². The maximum absolute atomic E-state index is 12.5. The fourth-order valence-electron chi connectivity index (χ4n) is 1.67. The first-order valence-corrected chi connectivity index (χ1v) is 6.81. The van der Waals surface area contributed by atoms with E-state index in [-0.39, 0.29) is 5.28 Å². The Kier molecular flexibility index (Phi) is 4.43. The number of benzene rings is 1. The van der Waals surface area contributed by atoms with Crippen LogP contribution in [0.4, 0.5) is 16.3 Å². The molecule has 1 aromatic carbocycles. The van der Waals surface area contributed by atoms with Crippen molar-refractivity contribution >= 4 is 29.2 Å². The standard InChI is InChI=1S/C15H16ClN3O2/c1-15(2,3)21-14(20)19(11-7-5-4-6-8-11)12-9-10-17-13(16)18-12/h4-10H,1-3H3. The predicted octanol–water partition coefficient (Wildman–Crippen LogP) is 4.20. The smallest absolute Gasteiger partial charge is 0.420 e. The van der Waals surface area contributed by atoms with E-state index >= 15 is 0 Å². The van der Waals surface area contributed by atoms with E-state index in [0.717, 1.165) is 0 Å². The lowest BCUT2D eigenvalue weighted by molar-refractivity contribution is 0.0598. The number of ether oxygens (including phenoxy) is 1. The van der Waals surface area contributed by atoms with Gasteiger partial charge in [0.1, 0.15) is 11.4 Å². The number of amides is 1. The number of hydrogen-bond acceptors (Lipinski definition) is 4. The van der Waals surface area contributed by atoms with Crippen LogP contribution in [0, 0.1) is 0 Å². The second kappa shape index (κ2) is 6.10. The molecule has 0 saturated carbocycles.